The van der Waals surface area contributed by atoms with Crippen molar-refractivity contribution in [2.75, 3.05) is 26.4 Å². The zero-order valence-corrected chi connectivity index (χ0v) is 31.1. The van der Waals surface area contributed by atoms with Crippen LogP contribution in [0, 0.1) is 0 Å². The third-order valence-corrected chi connectivity index (χ3v) is 10.7. The van der Waals surface area contributed by atoms with Crippen molar-refractivity contribution in [2.45, 2.75) is 167 Å². The molecule has 5 heterocycles. The van der Waals surface area contributed by atoms with Gasteiger partial charge in [0.25, 0.3) is 0 Å². The van der Waals surface area contributed by atoms with Gasteiger partial charge in [-0.25, -0.2) is 0 Å². The van der Waals surface area contributed by atoms with Crippen molar-refractivity contribution in [3.63, 3.8) is 0 Å². The molecule has 0 aliphatic carbocycles. The molecule has 16 N–H and O–H groups in total. The van der Waals surface area contributed by atoms with E-state index in [-0.39, 0.29) is 0 Å². The van der Waals surface area contributed by atoms with Crippen LogP contribution in [0.5, 0.6) is 0 Å². The Hall–Kier alpha value is -1.49. The van der Waals surface area contributed by atoms with E-state index < -0.39 is 186 Å². The minimum Gasteiger partial charge on any atom is -0.394 e. The maximum Gasteiger partial charge on any atom is 0.217 e. The Kier molecular flexibility index (Phi) is 16.5. The molecule has 26 heteroatoms. The second kappa shape index (κ2) is 20.1. The van der Waals surface area contributed by atoms with E-state index in [1.807, 2.05) is 0 Å². The highest BCUT2D eigenvalue weighted by molar-refractivity contribution is 5.73. The van der Waals surface area contributed by atoms with Crippen molar-refractivity contribution in [3.05, 3.63) is 0 Å². The van der Waals surface area contributed by atoms with E-state index in [1.165, 1.54) is 6.92 Å². The molecular weight excluding hydrogens is 798 g/mol. The van der Waals surface area contributed by atoms with Crippen molar-refractivity contribution >= 4 is 5.91 Å². The maximum absolute atomic E-state index is 12.4. The van der Waals surface area contributed by atoms with Gasteiger partial charge in [0.2, 0.25) is 5.91 Å². The molecule has 26 nitrogen and oxygen atoms in total. The molecular formula is C32H55NO25. The molecule has 1 amide bonds. The summed E-state index contributed by atoms with van der Waals surface area (Å²) in [5.74, 6) is -0.797. The molecule has 0 saturated carbocycles. The lowest BCUT2D eigenvalue weighted by atomic mass is 9.94. The molecule has 0 spiro atoms. The number of carbonyl (C=O) groups excluding carboxylic acids is 1. The summed E-state index contributed by atoms with van der Waals surface area (Å²) in [4.78, 5) is 12.4. The quantitative estimate of drug-likeness (QED) is 0.0818. The number of aliphatic hydroxyl groups excluding tert-OH is 15. The number of rotatable bonds is 13. The molecule has 0 aromatic carbocycles. The molecule has 5 aliphatic rings. The standard InChI is InChI=1S/C32H55NO25/c1-7-14(39)19(44)22(47)30(50-7)58-27-25(56-31-23(48)20(45)15(40)10(4-35)52-31)17(42)11(5-36)53-32(27)55-24-12(6-37)54-29(13(18(24)43)33-8(2)38)57-26-21(46)16(41)9(3-34)51-28(26)49/h7,9-32,34-37,39-49H,3-6H2,1-2H3,(H,33,38)/t7-,9+,10+,11+,12+,13+,14+,15-,16+,17-,18+,19+,20-,21-,22-,23+,24+,25-,26-,27+,28-,29-,30-,31+,32-/m0/s1. The summed E-state index contributed by atoms with van der Waals surface area (Å²) >= 11 is 0. The highest BCUT2D eigenvalue weighted by atomic mass is 16.8. The van der Waals surface area contributed by atoms with Crippen LogP contribution < -0.4 is 5.32 Å². The highest BCUT2D eigenvalue weighted by Crippen LogP contribution is 2.37. The third-order valence-electron chi connectivity index (χ3n) is 10.7. The number of hydrogen-bond acceptors (Lipinski definition) is 25. The second-order valence-electron chi connectivity index (χ2n) is 14.7. The van der Waals surface area contributed by atoms with E-state index in [0.29, 0.717) is 0 Å². The summed E-state index contributed by atoms with van der Waals surface area (Å²) in [6, 6.07) is -1.69. The number of aliphatic hydroxyl groups is 15. The Bertz CT molecular complexity index is 1310. The fourth-order valence-electron chi connectivity index (χ4n) is 7.33. The van der Waals surface area contributed by atoms with Gasteiger partial charge >= 0.3 is 0 Å². The zero-order valence-electron chi connectivity index (χ0n) is 31.1. The van der Waals surface area contributed by atoms with Crippen LogP contribution in [0.3, 0.4) is 0 Å². The molecule has 0 unspecified atom stereocenters. The van der Waals surface area contributed by atoms with Crippen LogP contribution >= 0.6 is 0 Å². The Morgan fingerprint density at radius 1 is 0.448 bits per heavy atom. The summed E-state index contributed by atoms with van der Waals surface area (Å²) in [6.45, 7) is -1.33. The van der Waals surface area contributed by atoms with Crippen molar-refractivity contribution in [1.29, 1.82) is 0 Å². The van der Waals surface area contributed by atoms with E-state index in [2.05, 4.69) is 5.32 Å². The van der Waals surface area contributed by atoms with Crippen molar-refractivity contribution in [1.82, 2.24) is 5.32 Å². The number of ether oxygens (including phenoxy) is 9. The first-order chi connectivity index (χ1) is 27.4. The average molecular weight is 854 g/mol. The normalized spacial score (nSPS) is 51.6. The van der Waals surface area contributed by atoms with Gasteiger partial charge in [0.15, 0.2) is 31.5 Å². The lowest BCUT2D eigenvalue weighted by molar-refractivity contribution is -0.405. The van der Waals surface area contributed by atoms with E-state index >= 15 is 0 Å². The van der Waals surface area contributed by atoms with Crippen molar-refractivity contribution in [2.24, 2.45) is 0 Å². The lowest BCUT2D eigenvalue weighted by Crippen LogP contribution is -2.70. The van der Waals surface area contributed by atoms with Gasteiger partial charge in [-0.3, -0.25) is 4.79 Å². The summed E-state index contributed by atoms with van der Waals surface area (Å²) in [7, 11) is 0. The van der Waals surface area contributed by atoms with E-state index in [1.54, 1.807) is 0 Å². The van der Waals surface area contributed by atoms with E-state index in [0.717, 1.165) is 6.92 Å². The maximum atomic E-state index is 12.4. The second-order valence-corrected chi connectivity index (χ2v) is 14.7. The molecule has 0 aromatic heterocycles. The van der Waals surface area contributed by atoms with Crippen LogP contribution in [0.4, 0.5) is 0 Å². The fourth-order valence-corrected chi connectivity index (χ4v) is 7.33. The number of carbonyl (C=O) groups is 1. The van der Waals surface area contributed by atoms with Gasteiger partial charge in [-0.15, -0.1) is 0 Å². The molecule has 58 heavy (non-hydrogen) atoms. The highest BCUT2D eigenvalue weighted by Gasteiger charge is 2.57. The summed E-state index contributed by atoms with van der Waals surface area (Å²) < 4.78 is 51.3. The molecule has 5 saturated heterocycles. The van der Waals surface area contributed by atoms with Gasteiger partial charge in [-0.05, 0) is 6.92 Å². The van der Waals surface area contributed by atoms with Crippen LogP contribution in [0.15, 0.2) is 0 Å². The van der Waals surface area contributed by atoms with Gasteiger partial charge in [-0.2, -0.15) is 0 Å². The first-order valence-corrected chi connectivity index (χ1v) is 18.5. The van der Waals surface area contributed by atoms with Gasteiger partial charge in [0.1, 0.15) is 116 Å². The number of amides is 1. The number of hydrogen-bond donors (Lipinski definition) is 16. The SMILES string of the molecule is CC(=O)N[C@H]1[C@H](O[C@H]2[C@@H](O)[C@H](O)[C@@H](CO)O[C@@H]2O)O[C@H](CO)[C@@H](O[C@@H]2O[C@H](CO)[C@H](O)[C@H](O[C@H]3O[C@H](CO)[C@H](O)[C@H](O)[C@H]3O)[C@H]2O[C@@H]2O[C@@H](C)[C@@H](O)[C@@H](O)[C@@H]2O)[C@@H]1O. The molecule has 0 radical (unpaired) electrons. The van der Waals surface area contributed by atoms with Gasteiger partial charge in [0, 0.05) is 6.92 Å². The number of nitrogens with one attached hydrogen (secondary N) is 1. The molecule has 0 bridgehead atoms. The van der Waals surface area contributed by atoms with E-state index in [9.17, 15) is 81.4 Å². The fraction of sp³-hybridized carbons (Fsp3) is 0.969. The Morgan fingerprint density at radius 2 is 0.897 bits per heavy atom. The molecule has 5 aliphatic heterocycles. The molecule has 5 fully saturated rings. The summed E-state index contributed by atoms with van der Waals surface area (Å²) in [5, 5.41) is 160. The topological polar surface area (TPSA) is 416 Å². The smallest absolute Gasteiger partial charge is 0.217 e. The summed E-state index contributed by atoms with van der Waals surface area (Å²) in [6.07, 6.45) is -43.8. The van der Waals surface area contributed by atoms with Gasteiger partial charge < -0.3 is 125 Å². The first kappa shape index (κ1) is 47.6. The Balaban J connectivity index is 1.48. The van der Waals surface area contributed by atoms with E-state index in [4.69, 9.17) is 42.6 Å². The van der Waals surface area contributed by atoms with Gasteiger partial charge in [-0.1, -0.05) is 0 Å². The largest absolute Gasteiger partial charge is 0.394 e. The van der Waals surface area contributed by atoms with Crippen LogP contribution in [0.25, 0.3) is 0 Å². The molecule has 5 rings (SSSR count). The van der Waals surface area contributed by atoms with Crippen LogP contribution in [0.2, 0.25) is 0 Å². The molecule has 338 valence electrons. The molecule has 0 aromatic rings. The molecule has 25 atom stereocenters. The minimum absolute atomic E-state index is 0.797. The monoisotopic (exact) mass is 853 g/mol. The predicted octanol–water partition coefficient (Wildman–Crippen LogP) is -10.8. The summed E-state index contributed by atoms with van der Waals surface area (Å²) in [5.41, 5.74) is 0. The third kappa shape index (κ3) is 9.75. The first-order valence-electron chi connectivity index (χ1n) is 18.5. The van der Waals surface area contributed by atoms with Gasteiger partial charge in [0.05, 0.1) is 32.5 Å². The zero-order chi connectivity index (χ0) is 42.9. The average Bonchev–Trinajstić information content (AvgIpc) is 3.19. The van der Waals surface area contributed by atoms with Crippen molar-refractivity contribution in [3.8, 4) is 0 Å². The Morgan fingerprint density at radius 3 is 1.48 bits per heavy atom. The predicted molar refractivity (Wildman–Crippen MR) is 177 cm³/mol. The van der Waals surface area contributed by atoms with Crippen LogP contribution in [-0.4, -0.2) is 262 Å². The van der Waals surface area contributed by atoms with Crippen LogP contribution in [-0.2, 0) is 47.4 Å². The van der Waals surface area contributed by atoms with Crippen molar-refractivity contribution < 1.29 is 124 Å². The Labute approximate surface area is 329 Å². The lowest BCUT2D eigenvalue weighted by Gasteiger charge is -2.51. The van der Waals surface area contributed by atoms with Crippen LogP contribution in [0.1, 0.15) is 13.8 Å². The minimum atomic E-state index is -2.06.